The maximum Gasteiger partial charge on any atom is 0.145 e. The lowest BCUT2D eigenvalue weighted by molar-refractivity contribution is 0.291. The van der Waals surface area contributed by atoms with Crippen molar-refractivity contribution in [1.82, 2.24) is 5.32 Å². The highest BCUT2D eigenvalue weighted by Gasteiger charge is 2.22. The highest BCUT2D eigenvalue weighted by atomic mass is 16.1. The van der Waals surface area contributed by atoms with Crippen LogP contribution in [0.1, 0.15) is 26.7 Å². The van der Waals surface area contributed by atoms with Crippen LogP contribution < -0.4 is 5.32 Å². The molecule has 0 bridgehead atoms. The normalized spacial score (nSPS) is 23.2. The van der Waals surface area contributed by atoms with Crippen molar-refractivity contribution in [2.45, 2.75) is 26.7 Å². The van der Waals surface area contributed by atoms with E-state index in [1.165, 1.54) is 0 Å². The smallest absolute Gasteiger partial charge is 0.145 e. The van der Waals surface area contributed by atoms with Gasteiger partial charge in [-0.1, -0.05) is 13.8 Å². The number of hydrogen-bond acceptors (Lipinski definition) is 2. The molecule has 0 amide bonds. The molecule has 1 heterocycles. The molecule has 0 atom stereocenters. The van der Waals surface area contributed by atoms with Gasteiger partial charge in [-0.05, 0) is 18.3 Å². The molecule has 1 rings (SSSR count). The molecule has 1 aliphatic heterocycles. The van der Waals surface area contributed by atoms with Crippen LogP contribution in [0.15, 0.2) is 5.70 Å². The Bertz CT molecular complexity index is 166. The monoisotopic (exact) mass is 139 g/mol. The van der Waals surface area contributed by atoms with E-state index in [1.807, 2.05) is 5.94 Å². The van der Waals surface area contributed by atoms with E-state index in [2.05, 4.69) is 19.2 Å². The molecular weight excluding hydrogens is 126 g/mol. The first-order valence-electron chi connectivity index (χ1n) is 3.62. The van der Waals surface area contributed by atoms with Crippen molar-refractivity contribution in [2.75, 3.05) is 6.54 Å². The summed E-state index contributed by atoms with van der Waals surface area (Å²) in [4.78, 5) is 10.1. The quantitative estimate of drug-likeness (QED) is 0.509. The van der Waals surface area contributed by atoms with Crippen LogP contribution in [0.2, 0.25) is 0 Å². The molecule has 0 aromatic carbocycles. The van der Waals surface area contributed by atoms with Crippen molar-refractivity contribution < 1.29 is 4.79 Å². The third-order valence-corrected chi connectivity index (χ3v) is 1.96. The van der Waals surface area contributed by atoms with E-state index in [4.69, 9.17) is 0 Å². The second kappa shape index (κ2) is 2.47. The Morgan fingerprint density at radius 2 is 2.30 bits per heavy atom. The first-order chi connectivity index (χ1) is 4.64. The minimum Gasteiger partial charge on any atom is -0.379 e. The van der Waals surface area contributed by atoms with E-state index in [1.54, 1.807) is 0 Å². The van der Waals surface area contributed by atoms with Gasteiger partial charge in [0.2, 0.25) is 0 Å². The molecule has 1 aliphatic rings. The van der Waals surface area contributed by atoms with Crippen molar-refractivity contribution in [1.29, 1.82) is 0 Å². The summed E-state index contributed by atoms with van der Waals surface area (Å²) in [5.74, 6) is 1.90. The summed E-state index contributed by atoms with van der Waals surface area (Å²) in [5, 5.41) is 3.05. The lowest BCUT2D eigenvalue weighted by atomic mass is 9.84. The van der Waals surface area contributed by atoms with Crippen molar-refractivity contribution in [3.05, 3.63) is 5.70 Å². The zero-order valence-corrected chi connectivity index (χ0v) is 6.53. The van der Waals surface area contributed by atoms with Crippen molar-refractivity contribution >= 4 is 5.94 Å². The Morgan fingerprint density at radius 3 is 2.70 bits per heavy atom. The van der Waals surface area contributed by atoms with E-state index in [-0.39, 0.29) is 0 Å². The maximum absolute atomic E-state index is 10.1. The van der Waals surface area contributed by atoms with Crippen LogP contribution in [0.25, 0.3) is 0 Å². The molecule has 0 aromatic rings. The summed E-state index contributed by atoms with van der Waals surface area (Å²) in [5.41, 5.74) is 1.08. The average molecular weight is 139 g/mol. The summed E-state index contributed by atoms with van der Waals surface area (Å²) in [6, 6.07) is 0. The molecule has 0 radical (unpaired) electrons. The first-order valence-corrected chi connectivity index (χ1v) is 3.62. The Labute approximate surface area is 61.3 Å². The lowest BCUT2D eigenvalue weighted by Gasteiger charge is -2.30. The molecular formula is C8H13NO. The predicted molar refractivity (Wildman–Crippen MR) is 40.2 cm³/mol. The molecule has 0 aromatic heterocycles. The largest absolute Gasteiger partial charge is 0.379 e. The van der Waals surface area contributed by atoms with Gasteiger partial charge in [0.1, 0.15) is 5.94 Å². The zero-order chi connectivity index (χ0) is 7.61. The molecule has 10 heavy (non-hydrogen) atoms. The van der Waals surface area contributed by atoms with Gasteiger partial charge in [-0.3, -0.25) is 0 Å². The lowest BCUT2D eigenvalue weighted by Crippen LogP contribution is -2.34. The Hall–Kier alpha value is -0.750. The Balaban J connectivity index is 2.54. The van der Waals surface area contributed by atoms with Crippen LogP contribution in [0.4, 0.5) is 0 Å². The van der Waals surface area contributed by atoms with E-state index < -0.39 is 0 Å². The van der Waals surface area contributed by atoms with Crippen molar-refractivity contribution in [2.24, 2.45) is 5.41 Å². The minimum atomic E-state index is 0.348. The van der Waals surface area contributed by atoms with E-state index in [9.17, 15) is 4.79 Å². The molecule has 0 spiro atoms. The highest BCUT2D eigenvalue weighted by molar-refractivity contribution is 5.51. The molecule has 1 saturated heterocycles. The van der Waals surface area contributed by atoms with Gasteiger partial charge >= 0.3 is 0 Å². The predicted octanol–water partition coefficient (Wildman–Crippen LogP) is 1.11. The van der Waals surface area contributed by atoms with Crippen molar-refractivity contribution in [3.63, 3.8) is 0 Å². The van der Waals surface area contributed by atoms with Gasteiger partial charge in [0, 0.05) is 6.54 Å². The fourth-order valence-corrected chi connectivity index (χ4v) is 1.07. The minimum absolute atomic E-state index is 0.348. The van der Waals surface area contributed by atoms with E-state index >= 15 is 0 Å². The summed E-state index contributed by atoms with van der Waals surface area (Å²) >= 11 is 0. The average Bonchev–Trinajstić information content (AvgIpc) is 1.88. The van der Waals surface area contributed by atoms with Crippen LogP contribution in [0.3, 0.4) is 0 Å². The summed E-state index contributed by atoms with van der Waals surface area (Å²) in [7, 11) is 0. The summed E-state index contributed by atoms with van der Waals surface area (Å²) in [6.07, 6.45) is 1.95. The Morgan fingerprint density at radius 1 is 1.60 bits per heavy atom. The SMILES string of the molecule is CC1(C)CCC(=C=O)NC1. The van der Waals surface area contributed by atoms with Crippen LogP contribution in [-0.4, -0.2) is 12.5 Å². The topological polar surface area (TPSA) is 29.1 Å². The molecule has 0 saturated carbocycles. The van der Waals surface area contributed by atoms with Gasteiger partial charge in [0.25, 0.3) is 0 Å². The summed E-state index contributed by atoms with van der Waals surface area (Å²) in [6.45, 7) is 5.29. The number of carbonyl (C=O) groups excluding carboxylic acids is 1. The maximum atomic E-state index is 10.1. The molecule has 1 N–H and O–H groups in total. The van der Waals surface area contributed by atoms with Crippen LogP contribution in [0, 0.1) is 5.41 Å². The van der Waals surface area contributed by atoms with E-state index in [0.29, 0.717) is 5.41 Å². The number of nitrogens with one attached hydrogen (secondary N) is 1. The van der Waals surface area contributed by atoms with Gasteiger partial charge in [-0.2, -0.15) is 0 Å². The molecule has 0 aliphatic carbocycles. The molecule has 0 unspecified atom stereocenters. The number of hydrogen-bond donors (Lipinski definition) is 1. The fraction of sp³-hybridized carbons (Fsp3) is 0.750. The Kier molecular flexibility index (Phi) is 1.82. The van der Waals surface area contributed by atoms with Crippen LogP contribution in [-0.2, 0) is 4.79 Å². The van der Waals surface area contributed by atoms with Crippen LogP contribution >= 0.6 is 0 Å². The summed E-state index contributed by atoms with van der Waals surface area (Å²) < 4.78 is 0. The molecule has 56 valence electrons. The standard InChI is InChI=1S/C8H13NO/c1-8(2)4-3-7(5-10)9-6-8/h9H,3-4,6H2,1-2H3. The van der Waals surface area contributed by atoms with E-state index in [0.717, 1.165) is 25.1 Å². The number of rotatable bonds is 0. The van der Waals surface area contributed by atoms with Gasteiger partial charge in [-0.15, -0.1) is 0 Å². The van der Waals surface area contributed by atoms with Gasteiger partial charge in [0.15, 0.2) is 0 Å². The molecule has 2 heteroatoms. The van der Waals surface area contributed by atoms with Crippen molar-refractivity contribution in [3.8, 4) is 0 Å². The third-order valence-electron chi connectivity index (χ3n) is 1.96. The zero-order valence-electron chi connectivity index (χ0n) is 6.53. The second-order valence-corrected chi connectivity index (χ2v) is 3.60. The van der Waals surface area contributed by atoms with Gasteiger partial charge < -0.3 is 5.32 Å². The number of allylic oxidation sites excluding steroid dienone is 1. The third kappa shape index (κ3) is 1.61. The molecule has 1 fully saturated rings. The number of piperidine rings is 1. The van der Waals surface area contributed by atoms with Crippen LogP contribution in [0.5, 0.6) is 0 Å². The fourth-order valence-electron chi connectivity index (χ4n) is 1.07. The van der Waals surface area contributed by atoms with Gasteiger partial charge in [0.05, 0.1) is 5.70 Å². The molecule has 2 nitrogen and oxygen atoms in total. The first kappa shape index (κ1) is 7.36. The highest BCUT2D eigenvalue weighted by Crippen LogP contribution is 2.26. The van der Waals surface area contributed by atoms with Gasteiger partial charge in [-0.25, -0.2) is 4.79 Å². The second-order valence-electron chi connectivity index (χ2n) is 3.60.